The summed E-state index contributed by atoms with van der Waals surface area (Å²) in [5.74, 6) is -6.65. The van der Waals surface area contributed by atoms with E-state index in [1.165, 1.54) is 0 Å². The van der Waals surface area contributed by atoms with E-state index in [-0.39, 0.29) is 16.9 Å². The third-order valence-corrected chi connectivity index (χ3v) is 5.00. The first kappa shape index (κ1) is 19.1. The second-order valence-electron chi connectivity index (χ2n) is 5.42. The van der Waals surface area contributed by atoms with E-state index in [1.807, 2.05) is 0 Å². The number of hydrogen-bond acceptors (Lipinski definition) is 4. The Balaban J connectivity index is 2.18. The number of nitrogens with zero attached hydrogens (tertiary/aromatic N) is 1. The van der Waals surface area contributed by atoms with Gasteiger partial charge in [-0.1, -0.05) is 0 Å². The maximum Gasteiger partial charge on any atom is 0.393 e. The van der Waals surface area contributed by atoms with Gasteiger partial charge in [-0.25, -0.2) is 9.18 Å². The number of hydrogen-bond donors (Lipinski definition) is 2. The van der Waals surface area contributed by atoms with Gasteiger partial charge in [0.2, 0.25) is 5.91 Å². The number of carbonyl (C=O) groups is 2. The SMILES string of the molecule is N#CC1C(SCc2cc(C(=O)O)ccc2F)NC(=O)CC1C(F)(F)F. The normalized spacial score (nSPS) is 23.6. The number of carboxylic acid groups (broad SMARTS) is 1. The average Bonchev–Trinajstić information content (AvgIpc) is 2.52. The molecule has 1 amide bonds. The van der Waals surface area contributed by atoms with Crippen LogP contribution in [0.3, 0.4) is 0 Å². The molecule has 0 aromatic heterocycles. The fourth-order valence-corrected chi connectivity index (χ4v) is 3.72. The number of amides is 1. The lowest BCUT2D eigenvalue weighted by molar-refractivity contribution is -0.192. The van der Waals surface area contributed by atoms with Gasteiger partial charge in [0.25, 0.3) is 0 Å². The van der Waals surface area contributed by atoms with Gasteiger partial charge in [-0.15, -0.1) is 11.8 Å². The molecule has 1 aromatic carbocycles. The number of piperidine rings is 1. The van der Waals surface area contributed by atoms with Crippen LogP contribution in [0.2, 0.25) is 0 Å². The molecule has 2 N–H and O–H groups in total. The molecule has 1 heterocycles. The first-order chi connectivity index (χ1) is 11.6. The zero-order valence-electron chi connectivity index (χ0n) is 12.5. The lowest BCUT2D eigenvalue weighted by Gasteiger charge is -2.35. The molecule has 1 saturated heterocycles. The minimum atomic E-state index is -4.70. The van der Waals surface area contributed by atoms with Crippen molar-refractivity contribution in [2.24, 2.45) is 11.8 Å². The van der Waals surface area contributed by atoms with Crippen molar-refractivity contribution in [1.29, 1.82) is 5.26 Å². The van der Waals surface area contributed by atoms with Crippen molar-refractivity contribution in [2.45, 2.75) is 23.7 Å². The highest BCUT2D eigenvalue weighted by Gasteiger charge is 2.51. The molecule has 0 spiro atoms. The summed E-state index contributed by atoms with van der Waals surface area (Å²) in [5, 5.41) is 19.1. The number of rotatable bonds is 4. The first-order valence-corrected chi connectivity index (χ1v) is 8.07. The van der Waals surface area contributed by atoms with Gasteiger partial charge in [0.1, 0.15) is 5.82 Å². The fraction of sp³-hybridized carbons (Fsp3) is 0.400. The molecule has 10 heteroatoms. The number of nitrogens with one attached hydrogen (secondary N) is 1. The van der Waals surface area contributed by atoms with E-state index in [0.29, 0.717) is 0 Å². The molecular weight excluding hydrogens is 364 g/mol. The largest absolute Gasteiger partial charge is 0.478 e. The van der Waals surface area contributed by atoms with Gasteiger partial charge < -0.3 is 10.4 Å². The van der Waals surface area contributed by atoms with E-state index in [2.05, 4.69) is 5.32 Å². The van der Waals surface area contributed by atoms with E-state index in [1.54, 1.807) is 6.07 Å². The summed E-state index contributed by atoms with van der Waals surface area (Å²) in [6, 6.07) is 4.64. The van der Waals surface area contributed by atoms with Crippen molar-refractivity contribution in [1.82, 2.24) is 5.32 Å². The van der Waals surface area contributed by atoms with E-state index in [0.717, 1.165) is 30.0 Å². The van der Waals surface area contributed by atoms with Gasteiger partial charge in [-0.2, -0.15) is 18.4 Å². The van der Waals surface area contributed by atoms with Crippen LogP contribution in [-0.4, -0.2) is 28.5 Å². The standard InChI is InChI=1S/C15H12F4N2O3S/c16-11-2-1-7(14(23)24)3-8(11)6-25-13-9(5-20)10(15(17,18)19)4-12(22)21-13/h1-3,9-10,13H,4,6H2,(H,21,22)(H,23,24). The van der Waals surface area contributed by atoms with Gasteiger partial charge >= 0.3 is 12.1 Å². The highest BCUT2D eigenvalue weighted by Crippen LogP contribution is 2.41. The molecule has 5 nitrogen and oxygen atoms in total. The van der Waals surface area contributed by atoms with Crippen molar-refractivity contribution in [3.8, 4) is 6.07 Å². The number of alkyl halides is 3. The zero-order valence-corrected chi connectivity index (χ0v) is 13.3. The van der Waals surface area contributed by atoms with Crippen LogP contribution in [0, 0.1) is 29.0 Å². The quantitative estimate of drug-likeness (QED) is 0.789. The molecule has 3 atom stereocenters. The lowest BCUT2D eigenvalue weighted by atomic mass is 9.86. The third kappa shape index (κ3) is 4.42. The number of benzene rings is 1. The molecule has 3 unspecified atom stereocenters. The Bertz CT molecular complexity index is 732. The Morgan fingerprint density at radius 2 is 2.12 bits per heavy atom. The summed E-state index contributed by atoms with van der Waals surface area (Å²) in [7, 11) is 0. The number of carboxylic acids is 1. The van der Waals surface area contributed by atoms with Crippen LogP contribution in [0.1, 0.15) is 22.3 Å². The zero-order chi connectivity index (χ0) is 18.8. The number of aromatic carboxylic acids is 1. The molecule has 25 heavy (non-hydrogen) atoms. The average molecular weight is 376 g/mol. The van der Waals surface area contributed by atoms with E-state index in [4.69, 9.17) is 10.4 Å². The molecular formula is C15H12F4N2O3S. The molecule has 0 aliphatic carbocycles. The van der Waals surface area contributed by atoms with Gasteiger partial charge in [-0.05, 0) is 23.8 Å². The first-order valence-electron chi connectivity index (χ1n) is 7.02. The van der Waals surface area contributed by atoms with Crippen molar-refractivity contribution in [2.75, 3.05) is 0 Å². The molecule has 0 radical (unpaired) electrons. The molecule has 134 valence electrons. The van der Waals surface area contributed by atoms with Crippen molar-refractivity contribution >= 4 is 23.6 Å². The van der Waals surface area contributed by atoms with Gasteiger partial charge in [-0.3, -0.25) is 4.79 Å². The monoisotopic (exact) mass is 376 g/mol. The number of carbonyl (C=O) groups excluding carboxylic acids is 1. The fourth-order valence-electron chi connectivity index (χ4n) is 2.47. The molecule has 1 fully saturated rings. The van der Waals surface area contributed by atoms with Gasteiger partial charge in [0, 0.05) is 12.2 Å². The molecule has 1 aromatic rings. The van der Waals surface area contributed by atoms with Crippen LogP contribution in [0.15, 0.2) is 18.2 Å². The minimum Gasteiger partial charge on any atom is -0.478 e. The minimum absolute atomic E-state index is 0.0371. The molecule has 0 bridgehead atoms. The predicted octanol–water partition coefficient (Wildman–Crippen LogP) is 2.92. The maximum atomic E-state index is 13.8. The Kier molecular flexibility index (Phi) is 5.57. The Morgan fingerprint density at radius 1 is 1.44 bits per heavy atom. The number of nitriles is 1. The number of halogens is 4. The highest BCUT2D eigenvalue weighted by atomic mass is 32.2. The topological polar surface area (TPSA) is 90.2 Å². The Morgan fingerprint density at radius 3 is 2.68 bits per heavy atom. The van der Waals surface area contributed by atoms with Crippen molar-refractivity contribution in [3.63, 3.8) is 0 Å². The van der Waals surface area contributed by atoms with E-state index >= 15 is 0 Å². The van der Waals surface area contributed by atoms with E-state index in [9.17, 15) is 27.2 Å². The van der Waals surface area contributed by atoms with Crippen molar-refractivity contribution < 1.29 is 32.3 Å². The molecule has 2 rings (SSSR count). The summed E-state index contributed by atoms with van der Waals surface area (Å²) in [6.07, 6.45) is -5.53. The summed E-state index contributed by atoms with van der Waals surface area (Å²) in [4.78, 5) is 22.4. The summed E-state index contributed by atoms with van der Waals surface area (Å²) < 4.78 is 52.9. The van der Waals surface area contributed by atoms with Crippen LogP contribution >= 0.6 is 11.8 Å². The van der Waals surface area contributed by atoms with E-state index < -0.39 is 47.5 Å². The Hall–Kier alpha value is -2.28. The number of thioether (sulfide) groups is 1. The lowest BCUT2D eigenvalue weighted by Crippen LogP contribution is -2.51. The van der Waals surface area contributed by atoms with Crippen molar-refractivity contribution in [3.05, 3.63) is 35.1 Å². The molecule has 1 aliphatic rings. The van der Waals surface area contributed by atoms with Gasteiger partial charge in [0.15, 0.2) is 0 Å². The second-order valence-corrected chi connectivity index (χ2v) is 6.55. The summed E-state index contributed by atoms with van der Waals surface area (Å²) in [6.45, 7) is 0. The van der Waals surface area contributed by atoms with Crippen LogP contribution in [0.4, 0.5) is 17.6 Å². The van der Waals surface area contributed by atoms with Crippen LogP contribution < -0.4 is 5.32 Å². The third-order valence-electron chi connectivity index (χ3n) is 3.75. The van der Waals surface area contributed by atoms with Crippen LogP contribution in [0.25, 0.3) is 0 Å². The molecule has 0 saturated carbocycles. The predicted molar refractivity (Wildman–Crippen MR) is 79.9 cm³/mol. The summed E-state index contributed by atoms with van der Waals surface area (Å²) >= 11 is 0.754. The van der Waals surface area contributed by atoms with Gasteiger partial charge in [0.05, 0.1) is 28.8 Å². The highest BCUT2D eigenvalue weighted by molar-refractivity contribution is 7.99. The second kappa shape index (κ2) is 7.31. The van der Waals surface area contributed by atoms with Crippen LogP contribution in [-0.2, 0) is 10.5 Å². The Labute approximate surface area is 144 Å². The summed E-state index contributed by atoms with van der Waals surface area (Å²) in [5.41, 5.74) is -0.209. The maximum absolute atomic E-state index is 13.8. The smallest absolute Gasteiger partial charge is 0.393 e. The molecule has 1 aliphatic heterocycles. The van der Waals surface area contributed by atoms with Crippen LogP contribution in [0.5, 0.6) is 0 Å².